The quantitative estimate of drug-likeness (QED) is 0.152. The van der Waals surface area contributed by atoms with Gasteiger partial charge in [0.1, 0.15) is 6.29 Å². The fourth-order valence-electron chi connectivity index (χ4n) is 1.20. The Bertz CT molecular complexity index is 181. The molecular formula is C15H36N2O4S2. The third-order valence-electron chi connectivity index (χ3n) is 2.41. The second-order valence-electron chi connectivity index (χ2n) is 4.43. The molecule has 0 atom stereocenters. The Morgan fingerprint density at radius 1 is 0.783 bits per heavy atom. The summed E-state index contributed by atoms with van der Waals surface area (Å²) in [5.74, 6) is 0. The molecule has 0 fully saturated rings. The van der Waals surface area contributed by atoms with E-state index in [1.54, 1.807) is 0 Å². The van der Waals surface area contributed by atoms with Crippen LogP contribution < -0.4 is 11.5 Å². The Hall–Kier alpha value is 0.170. The van der Waals surface area contributed by atoms with Crippen LogP contribution in [-0.4, -0.2) is 59.0 Å². The number of thiol groups is 2. The van der Waals surface area contributed by atoms with Gasteiger partial charge in [0.2, 0.25) is 0 Å². The van der Waals surface area contributed by atoms with Crippen molar-refractivity contribution in [2.45, 2.75) is 39.0 Å². The maximum atomic E-state index is 9.56. The summed E-state index contributed by atoms with van der Waals surface area (Å²) in [7, 11) is 0. The maximum absolute atomic E-state index is 9.56. The number of rotatable bonds is 15. The number of hydrogen-bond acceptors (Lipinski definition) is 8. The van der Waals surface area contributed by atoms with Crippen molar-refractivity contribution in [1.82, 2.24) is 0 Å². The monoisotopic (exact) mass is 372 g/mol. The van der Waals surface area contributed by atoms with E-state index in [9.17, 15) is 4.79 Å². The average molecular weight is 373 g/mol. The first-order valence-electron chi connectivity index (χ1n) is 8.10. The molecular weight excluding hydrogens is 336 g/mol. The van der Waals surface area contributed by atoms with E-state index in [0.29, 0.717) is 52.7 Å². The molecule has 0 aliphatic carbocycles. The van der Waals surface area contributed by atoms with E-state index >= 15 is 0 Å². The first-order valence-corrected chi connectivity index (χ1v) is 9.70. The van der Waals surface area contributed by atoms with Crippen molar-refractivity contribution in [3.05, 3.63) is 0 Å². The number of hydrogen-bond donors (Lipinski definition) is 4. The summed E-state index contributed by atoms with van der Waals surface area (Å²) in [6.45, 7) is 7.34. The van der Waals surface area contributed by atoms with Crippen molar-refractivity contribution in [1.29, 1.82) is 0 Å². The molecule has 0 aromatic carbocycles. The highest BCUT2D eigenvalue weighted by molar-refractivity contribution is 8.59. The fourth-order valence-corrected chi connectivity index (χ4v) is 1.20. The summed E-state index contributed by atoms with van der Waals surface area (Å²) in [6, 6.07) is 0. The SMILES string of the molecule is CCCCC=O.NCCCOCCOCCOCCCN.SS. The van der Waals surface area contributed by atoms with E-state index in [0.717, 1.165) is 38.4 Å². The van der Waals surface area contributed by atoms with Crippen LogP contribution in [0.4, 0.5) is 0 Å². The molecule has 0 rings (SSSR count). The molecule has 0 spiro atoms. The van der Waals surface area contributed by atoms with Crippen molar-refractivity contribution in [2.75, 3.05) is 52.7 Å². The minimum Gasteiger partial charge on any atom is -0.379 e. The van der Waals surface area contributed by atoms with Crippen LogP contribution in [0.15, 0.2) is 0 Å². The van der Waals surface area contributed by atoms with Crippen molar-refractivity contribution in [2.24, 2.45) is 11.5 Å². The number of unbranched alkanes of at least 4 members (excludes halogenated alkanes) is 2. The van der Waals surface area contributed by atoms with E-state index in [-0.39, 0.29) is 0 Å². The van der Waals surface area contributed by atoms with Gasteiger partial charge in [0, 0.05) is 19.6 Å². The molecule has 0 aromatic rings. The normalized spacial score (nSPS) is 9.43. The summed E-state index contributed by atoms with van der Waals surface area (Å²) in [6.07, 6.45) is 5.67. The molecule has 8 heteroatoms. The molecule has 0 saturated carbocycles. The number of carbonyl (C=O) groups is 1. The third-order valence-corrected chi connectivity index (χ3v) is 2.41. The van der Waals surface area contributed by atoms with Gasteiger partial charge in [-0.3, -0.25) is 0 Å². The Morgan fingerprint density at radius 2 is 1.17 bits per heavy atom. The lowest BCUT2D eigenvalue weighted by atomic mass is 10.3. The summed E-state index contributed by atoms with van der Waals surface area (Å²) in [5, 5.41) is 0. The van der Waals surface area contributed by atoms with E-state index < -0.39 is 0 Å². The second kappa shape index (κ2) is 33.7. The Labute approximate surface area is 152 Å². The van der Waals surface area contributed by atoms with Crippen LogP contribution in [0.5, 0.6) is 0 Å². The fraction of sp³-hybridized carbons (Fsp3) is 0.933. The van der Waals surface area contributed by atoms with Gasteiger partial charge in [0.25, 0.3) is 0 Å². The molecule has 0 bridgehead atoms. The van der Waals surface area contributed by atoms with Gasteiger partial charge in [-0.2, -0.15) is 0 Å². The molecule has 0 aromatic heterocycles. The smallest absolute Gasteiger partial charge is 0.119 e. The molecule has 6 nitrogen and oxygen atoms in total. The highest BCUT2D eigenvalue weighted by Crippen LogP contribution is 1.87. The largest absolute Gasteiger partial charge is 0.379 e. The van der Waals surface area contributed by atoms with Gasteiger partial charge in [0.05, 0.1) is 26.4 Å². The number of carbonyl (C=O) groups excluding carboxylic acids is 1. The standard InChI is InChI=1S/C10H24N2O3.C5H10O.H2S2/c11-3-1-5-13-7-9-15-10-8-14-6-2-4-12;1-2-3-4-5-6;1-2/h1-12H2;5H,2-4H2,1H3;1-2H. The van der Waals surface area contributed by atoms with Crippen molar-refractivity contribution in [3.63, 3.8) is 0 Å². The minimum absolute atomic E-state index is 0.616. The van der Waals surface area contributed by atoms with Gasteiger partial charge in [-0.15, -0.1) is 23.3 Å². The summed E-state index contributed by atoms with van der Waals surface area (Å²) < 4.78 is 15.8. The van der Waals surface area contributed by atoms with Gasteiger partial charge in [-0.1, -0.05) is 13.3 Å². The predicted molar refractivity (Wildman–Crippen MR) is 103 cm³/mol. The average Bonchev–Trinajstić information content (AvgIpc) is 2.60. The Balaban J connectivity index is -0.000000418. The second-order valence-corrected chi connectivity index (χ2v) is 4.43. The molecule has 0 amide bonds. The maximum Gasteiger partial charge on any atom is 0.119 e. The highest BCUT2D eigenvalue weighted by atomic mass is 33.1. The first-order chi connectivity index (χ1) is 11.3. The van der Waals surface area contributed by atoms with Crippen LogP contribution in [0.1, 0.15) is 39.0 Å². The number of ether oxygens (including phenoxy) is 3. The Kier molecular flexibility index (Phi) is 41.0. The van der Waals surface area contributed by atoms with Gasteiger partial charge in [-0.05, 0) is 32.4 Å². The molecule has 0 aliphatic heterocycles. The van der Waals surface area contributed by atoms with Crippen molar-refractivity contribution < 1.29 is 19.0 Å². The van der Waals surface area contributed by atoms with Crippen LogP contribution in [0, 0.1) is 0 Å². The minimum atomic E-state index is 0.616. The summed E-state index contributed by atoms with van der Waals surface area (Å²) >= 11 is 6.44. The zero-order chi connectivity index (χ0) is 18.0. The van der Waals surface area contributed by atoms with E-state index in [1.807, 2.05) is 0 Å². The zero-order valence-electron chi connectivity index (χ0n) is 14.5. The number of aldehydes is 1. The van der Waals surface area contributed by atoms with Gasteiger partial charge in [-0.25, -0.2) is 0 Å². The lowest BCUT2D eigenvalue weighted by Gasteiger charge is -2.06. The van der Waals surface area contributed by atoms with E-state index in [4.69, 9.17) is 25.7 Å². The number of nitrogens with two attached hydrogens (primary N) is 2. The summed E-state index contributed by atoms with van der Waals surface area (Å²) in [4.78, 5) is 9.56. The highest BCUT2D eigenvalue weighted by Gasteiger charge is 1.91. The van der Waals surface area contributed by atoms with Crippen LogP contribution in [-0.2, 0) is 19.0 Å². The van der Waals surface area contributed by atoms with Crippen LogP contribution >= 0.6 is 23.3 Å². The predicted octanol–water partition coefficient (Wildman–Crippen LogP) is 1.87. The summed E-state index contributed by atoms with van der Waals surface area (Å²) in [5.41, 5.74) is 10.6. The zero-order valence-corrected chi connectivity index (χ0v) is 16.2. The topological polar surface area (TPSA) is 96.8 Å². The lowest BCUT2D eigenvalue weighted by molar-refractivity contribution is -0.107. The van der Waals surface area contributed by atoms with E-state index in [2.05, 4.69) is 30.2 Å². The van der Waals surface area contributed by atoms with Crippen LogP contribution in [0.2, 0.25) is 0 Å². The molecule has 0 aliphatic rings. The third kappa shape index (κ3) is 39.2. The first kappa shape index (κ1) is 28.0. The molecule has 0 unspecified atom stereocenters. The lowest BCUT2D eigenvalue weighted by Crippen LogP contribution is -2.12. The van der Waals surface area contributed by atoms with Gasteiger partial charge >= 0.3 is 0 Å². The van der Waals surface area contributed by atoms with Gasteiger partial charge < -0.3 is 30.5 Å². The molecule has 0 heterocycles. The van der Waals surface area contributed by atoms with Crippen molar-refractivity contribution in [3.8, 4) is 0 Å². The van der Waals surface area contributed by atoms with E-state index in [1.165, 1.54) is 0 Å². The molecule has 23 heavy (non-hydrogen) atoms. The van der Waals surface area contributed by atoms with Crippen LogP contribution in [0.3, 0.4) is 0 Å². The van der Waals surface area contributed by atoms with Gasteiger partial charge in [0.15, 0.2) is 0 Å². The molecule has 142 valence electrons. The van der Waals surface area contributed by atoms with Crippen LogP contribution in [0.25, 0.3) is 0 Å². The molecule has 0 radical (unpaired) electrons. The Morgan fingerprint density at radius 3 is 1.43 bits per heavy atom. The van der Waals surface area contributed by atoms with Crippen molar-refractivity contribution >= 4 is 29.6 Å². The molecule has 0 saturated heterocycles. The molecule has 4 N–H and O–H groups in total.